The molecule has 0 amide bonds. The van der Waals surface area contributed by atoms with Gasteiger partial charge in [0.15, 0.2) is 0 Å². The predicted molar refractivity (Wildman–Crippen MR) is 69.8 cm³/mol. The average Bonchev–Trinajstić information content (AvgIpc) is 3.05. The molecule has 18 heavy (non-hydrogen) atoms. The molecule has 0 spiro atoms. The van der Waals surface area contributed by atoms with Crippen LogP contribution in [0.15, 0.2) is 29.3 Å². The first-order valence-electron chi connectivity index (χ1n) is 5.67. The van der Waals surface area contributed by atoms with Gasteiger partial charge < -0.3 is 0 Å². The predicted octanol–water partition coefficient (Wildman–Crippen LogP) is 1.38. The van der Waals surface area contributed by atoms with Crippen LogP contribution in [0.5, 0.6) is 0 Å². The number of halogens is 1. The van der Waals surface area contributed by atoms with E-state index in [0.29, 0.717) is 10.9 Å². The van der Waals surface area contributed by atoms with Gasteiger partial charge >= 0.3 is 10.2 Å². The van der Waals surface area contributed by atoms with E-state index >= 15 is 0 Å². The van der Waals surface area contributed by atoms with Crippen LogP contribution in [0.3, 0.4) is 0 Å². The van der Waals surface area contributed by atoms with Gasteiger partial charge in [-0.2, -0.15) is 13.1 Å². The molecule has 1 aromatic rings. The molecule has 2 aliphatic rings. The first-order chi connectivity index (χ1) is 8.53. The Morgan fingerprint density at radius 1 is 1.22 bits per heavy atom. The lowest BCUT2D eigenvalue weighted by Gasteiger charge is -2.09. The van der Waals surface area contributed by atoms with E-state index in [-0.39, 0.29) is 6.04 Å². The van der Waals surface area contributed by atoms with Crippen molar-refractivity contribution in [1.82, 2.24) is 9.44 Å². The number of nitrogens with one attached hydrogen (secondary N) is 2. The van der Waals surface area contributed by atoms with Crippen LogP contribution in [-0.2, 0) is 10.2 Å². The van der Waals surface area contributed by atoms with E-state index in [1.807, 2.05) is 0 Å². The molecule has 1 saturated heterocycles. The van der Waals surface area contributed by atoms with E-state index < -0.39 is 16.3 Å². The Kier molecular flexibility index (Phi) is 2.80. The van der Waals surface area contributed by atoms with Gasteiger partial charge in [-0.25, -0.2) is 0 Å². The van der Waals surface area contributed by atoms with Gasteiger partial charge in [0.1, 0.15) is 11.9 Å². The number of hydrogen-bond acceptors (Lipinski definition) is 3. The molecule has 3 rings (SSSR count). The fourth-order valence-electron chi connectivity index (χ4n) is 1.82. The summed E-state index contributed by atoms with van der Waals surface area (Å²) in [6.07, 6.45) is 2.05. The van der Waals surface area contributed by atoms with Gasteiger partial charge in [0, 0.05) is 5.02 Å². The molecule has 2 fully saturated rings. The zero-order valence-electron chi connectivity index (χ0n) is 9.43. The van der Waals surface area contributed by atoms with Gasteiger partial charge in [-0.05, 0) is 30.5 Å². The molecule has 1 saturated carbocycles. The van der Waals surface area contributed by atoms with Gasteiger partial charge in [-0.15, -0.1) is 0 Å². The van der Waals surface area contributed by atoms with Crippen LogP contribution in [0.25, 0.3) is 0 Å². The minimum atomic E-state index is -3.48. The first-order valence-corrected chi connectivity index (χ1v) is 7.53. The molecule has 7 heteroatoms. The van der Waals surface area contributed by atoms with Crippen molar-refractivity contribution in [2.45, 2.75) is 24.9 Å². The fraction of sp³-hybridized carbons (Fsp3) is 0.364. The van der Waals surface area contributed by atoms with Crippen LogP contribution >= 0.6 is 11.6 Å². The van der Waals surface area contributed by atoms with Crippen molar-refractivity contribution in [2.75, 3.05) is 0 Å². The van der Waals surface area contributed by atoms with E-state index in [4.69, 9.17) is 11.6 Å². The van der Waals surface area contributed by atoms with E-state index in [1.54, 1.807) is 24.3 Å². The lowest BCUT2D eigenvalue weighted by Crippen LogP contribution is -2.24. The van der Waals surface area contributed by atoms with Crippen molar-refractivity contribution in [3.8, 4) is 0 Å². The van der Waals surface area contributed by atoms with Crippen molar-refractivity contribution < 1.29 is 8.42 Å². The van der Waals surface area contributed by atoms with Gasteiger partial charge in [-0.1, -0.05) is 23.7 Å². The molecule has 1 aliphatic heterocycles. The monoisotopic (exact) mass is 285 g/mol. The highest BCUT2D eigenvalue weighted by Crippen LogP contribution is 2.27. The summed E-state index contributed by atoms with van der Waals surface area (Å²) in [7, 11) is -3.48. The third-order valence-electron chi connectivity index (χ3n) is 2.86. The van der Waals surface area contributed by atoms with E-state index in [0.717, 1.165) is 18.4 Å². The molecular weight excluding hydrogens is 274 g/mol. The molecule has 1 atom stereocenters. The minimum Gasteiger partial charge on any atom is -0.266 e. The molecule has 0 radical (unpaired) electrons. The van der Waals surface area contributed by atoms with Crippen LogP contribution in [0.2, 0.25) is 5.02 Å². The molecule has 5 nitrogen and oxygen atoms in total. The molecule has 2 N–H and O–H groups in total. The number of rotatable bonds is 2. The van der Waals surface area contributed by atoms with Crippen LogP contribution < -0.4 is 9.44 Å². The lowest BCUT2D eigenvalue weighted by atomic mass is 10.1. The highest BCUT2D eigenvalue weighted by molar-refractivity contribution is 7.88. The van der Waals surface area contributed by atoms with Crippen LogP contribution in [0, 0.1) is 0 Å². The Morgan fingerprint density at radius 2 is 1.89 bits per heavy atom. The maximum Gasteiger partial charge on any atom is 0.301 e. The third kappa shape index (κ3) is 2.50. The second-order valence-corrected chi connectivity index (χ2v) is 6.34. The van der Waals surface area contributed by atoms with Crippen LogP contribution in [0.1, 0.15) is 24.4 Å². The largest absolute Gasteiger partial charge is 0.301 e. The normalized spacial score (nSPS) is 28.3. The third-order valence-corrected chi connectivity index (χ3v) is 4.13. The highest BCUT2D eigenvalue weighted by Gasteiger charge is 2.35. The molecule has 1 unspecified atom stereocenters. The average molecular weight is 286 g/mol. The summed E-state index contributed by atoms with van der Waals surface area (Å²) in [5.41, 5.74) is 0.826. The van der Waals surface area contributed by atoms with Gasteiger partial charge in [0.25, 0.3) is 0 Å². The first kappa shape index (κ1) is 12.0. The maximum atomic E-state index is 11.6. The zero-order valence-corrected chi connectivity index (χ0v) is 11.0. The smallest absolute Gasteiger partial charge is 0.266 e. The number of benzene rings is 1. The van der Waals surface area contributed by atoms with Crippen molar-refractivity contribution in [1.29, 1.82) is 0 Å². The molecular formula is C11H12ClN3O2S. The maximum absolute atomic E-state index is 11.6. The SMILES string of the molecule is O=S1(=O)NC(=NC2CC2)C(c2ccc(Cl)cc2)N1. The summed E-state index contributed by atoms with van der Waals surface area (Å²) < 4.78 is 28.1. The summed E-state index contributed by atoms with van der Waals surface area (Å²) in [6, 6.07) is 6.89. The van der Waals surface area contributed by atoms with Crippen molar-refractivity contribution in [3.63, 3.8) is 0 Å². The number of hydrogen-bond donors (Lipinski definition) is 2. The molecule has 0 bridgehead atoms. The van der Waals surface area contributed by atoms with E-state index in [1.165, 1.54) is 0 Å². The van der Waals surface area contributed by atoms with Crippen LogP contribution in [0.4, 0.5) is 0 Å². The molecule has 0 aromatic heterocycles. The summed E-state index contributed by atoms with van der Waals surface area (Å²) in [5.74, 6) is 0.472. The summed E-state index contributed by atoms with van der Waals surface area (Å²) in [6.45, 7) is 0. The molecule has 1 aromatic carbocycles. The summed E-state index contributed by atoms with van der Waals surface area (Å²) in [4.78, 5) is 4.39. The number of nitrogens with zero attached hydrogens (tertiary/aromatic N) is 1. The molecule has 1 aliphatic carbocycles. The second-order valence-electron chi connectivity index (χ2n) is 4.45. The zero-order chi connectivity index (χ0) is 12.8. The minimum absolute atomic E-state index is 0.261. The van der Waals surface area contributed by atoms with Crippen molar-refractivity contribution in [3.05, 3.63) is 34.9 Å². The Balaban J connectivity index is 1.95. The molecule has 96 valence electrons. The Hall–Kier alpha value is -1.11. The molecule has 1 heterocycles. The topological polar surface area (TPSA) is 70.6 Å². The van der Waals surface area contributed by atoms with Crippen molar-refractivity contribution in [2.24, 2.45) is 4.99 Å². The number of amidine groups is 1. The van der Waals surface area contributed by atoms with Gasteiger partial charge in [0.2, 0.25) is 0 Å². The Labute approximate surface area is 110 Å². The quantitative estimate of drug-likeness (QED) is 0.862. The standard InChI is InChI=1S/C11H12ClN3O2S/c12-8-3-1-7(2-4-8)10-11(13-9-5-6-9)15-18(16,17)14-10/h1-4,9-10,14H,5-6H2,(H,13,15). The van der Waals surface area contributed by atoms with Gasteiger partial charge in [0.05, 0.1) is 6.04 Å². The van der Waals surface area contributed by atoms with Gasteiger partial charge in [-0.3, -0.25) is 9.71 Å². The highest BCUT2D eigenvalue weighted by atomic mass is 35.5. The second kappa shape index (κ2) is 4.22. The Morgan fingerprint density at radius 3 is 2.50 bits per heavy atom. The van der Waals surface area contributed by atoms with E-state index in [2.05, 4.69) is 14.4 Å². The lowest BCUT2D eigenvalue weighted by molar-refractivity contribution is 0.583. The van der Waals surface area contributed by atoms with Crippen LogP contribution in [-0.4, -0.2) is 20.3 Å². The van der Waals surface area contributed by atoms with E-state index in [9.17, 15) is 8.42 Å². The fourth-order valence-corrected chi connectivity index (χ4v) is 3.01. The number of aliphatic imine (C=N–C) groups is 1. The summed E-state index contributed by atoms with van der Waals surface area (Å²) in [5, 5.41) is 0.619. The Bertz CT molecular complexity index is 593. The summed E-state index contributed by atoms with van der Waals surface area (Å²) >= 11 is 5.82. The van der Waals surface area contributed by atoms with Crippen molar-refractivity contribution >= 4 is 27.6 Å².